The Kier molecular flexibility index (Phi) is 4.37. The summed E-state index contributed by atoms with van der Waals surface area (Å²) in [5.74, 6) is -1.19. The van der Waals surface area contributed by atoms with Gasteiger partial charge in [-0.2, -0.15) is 0 Å². The van der Waals surface area contributed by atoms with Gasteiger partial charge < -0.3 is 15.4 Å². The Balaban J connectivity index is 2.20. The fourth-order valence-electron chi connectivity index (χ4n) is 2.33. The number of halogens is 1. The van der Waals surface area contributed by atoms with Gasteiger partial charge in [-0.1, -0.05) is 0 Å². The molecule has 0 amide bonds. The van der Waals surface area contributed by atoms with Crippen molar-refractivity contribution < 1.29 is 13.9 Å². The first-order valence-electron chi connectivity index (χ1n) is 6.62. The summed E-state index contributed by atoms with van der Waals surface area (Å²) in [5, 5.41) is 0. The average molecular weight is 266 g/mol. The van der Waals surface area contributed by atoms with Gasteiger partial charge in [-0.05, 0) is 44.4 Å². The highest BCUT2D eigenvalue weighted by molar-refractivity contribution is 5.90. The Labute approximate surface area is 112 Å². The molecule has 1 aromatic carbocycles. The quantitative estimate of drug-likeness (QED) is 0.853. The van der Waals surface area contributed by atoms with Crippen LogP contribution in [0.2, 0.25) is 0 Å². The molecule has 1 aliphatic heterocycles. The van der Waals surface area contributed by atoms with Crippen LogP contribution in [0.5, 0.6) is 0 Å². The van der Waals surface area contributed by atoms with Gasteiger partial charge in [0.25, 0.3) is 0 Å². The lowest BCUT2D eigenvalue weighted by atomic mass is 10.1. The van der Waals surface area contributed by atoms with Gasteiger partial charge in [0.2, 0.25) is 0 Å². The summed E-state index contributed by atoms with van der Waals surface area (Å²) < 4.78 is 18.7. The Morgan fingerprint density at radius 1 is 1.53 bits per heavy atom. The van der Waals surface area contributed by atoms with Crippen LogP contribution in [0, 0.1) is 5.82 Å². The van der Waals surface area contributed by atoms with Gasteiger partial charge >= 0.3 is 5.97 Å². The van der Waals surface area contributed by atoms with Crippen molar-refractivity contribution in [1.29, 1.82) is 0 Å². The van der Waals surface area contributed by atoms with E-state index in [1.54, 1.807) is 13.0 Å². The maximum absolute atomic E-state index is 13.9. The molecule has 1 heterocycles. The van der Waals surface area contributed by atoms with E-state index in [1.807, 2.05) is 4.90 Å². The van der Waals surface area contributed by atoms with Crippen molar-refractivity contribution >= 4 is 11.7 Å². The van der Waals surface area contributed by atoms with Crippen LogP contribution in [-0.2, 0) is 4.74 Å². The largest absolute Gasteiger partial charge is 0.462 e. The van der Waals surface area contributed by atoms with E-state index >= 15 is 0 Å². The molecule has 0 spiro atoms. The van der Waals surface area contributed by atoms with E-state index in [9.17, 15) is 9.18 Å². The molecule has 0 radical (unpaired) electrons. The number of rotatable bonds is 3. The smallest absolute Gasteiger partial charge is 0.341 e. The third kappa shape index (κ3) is 3.04. The van der Waals surface area contributed by atoms with Gasteiger partial charge in [0.15, 0.2) is 0 Å². The normalized spacial score (nSPS) is 19.3. The van der Waals surface area contributed by atoms with E-state index in [2.05, 4.69) is 0 Å². The standard InChI is InChI=1S/C14H19FN2O2/c1-2-19-14(18)11-7-6-10(9-12(11)15)17-8-4-3-5-13(17)16/h6-7,9,13H,2-5,8,16H2,1H3. The molecule has 0 aliphatic carbocycles. The zero-order valence-electron chi connectivity index (χ0n) is 11.1. The number of hydrogen-bond acceptors (Lipinski definition) is 4. The Morgan fingerprint density at radius 3 is 2.95 bits per heavy atom. The lowest BCUT2D eigenvalue weighted by Crippen LogP contribution is -2.45. The van der Waals surface area contributed by atoms with Crippen LogP contribution in [-0.4, -0.2) is 25.3 Å². The third-order valence-electron chi connectivity index (χ3n) is 3.33. The number of hydrogen-bond donors (Lipinski definition) is 1. The number of anilines is 1. The lowest BCUT2D eigenvalue weighted by Gasteiger charge is -2.35. The maximum atomic E-state index is 13.9. The van der Waals surface area contributed by atoms with Crippen molar-refractivity contribution in [1.82, 2.24) is 0 Å². The molecule has 1 fully saturated rings. The number of carbonyl (C=O) groups excluding carboxylic acids is 1. The molecule has 0 aromatic heterocycles. The fourth-order valence-corrected chi connectivity index (χ4v) is 2.33. The van der Waals surface area contributed by atoms with Gasteiger partial charge in [0.1, 0.15) is 5.82 Å². The van der Waals surface area contributed by atoms with Crippen molar-refractivity contribution in [3.8, 4) is 0 Å². The summed E-state index contributed by atoms with van der Waals surface area (Å²) >= 11 is 0. The van der Waals surface area contributed by atoms with Crippen molar-refractivity contribution in [2.45, 2.75) is 32.4 Å². The lowest BCUT2D eigenvalue weighted by molar-refractivity contribution is 0.0521. The van der Waals surface area contributed by atoms with Crippen molar-refractivity contribution in [2.75, 3.05) is 18.1 Å². The topological polar surface area (TPSA) is 55.6 Å². The summed E-state index contributed by atoms with van der Waals surface area (Å²) in [6, 6.07) is 4.54. The fraction of sp³-hybridized carbons (Fsp3) is 0.500. The van der Waals surface area contributed by atoms with Gasteiger partial charge in [-0.25, -0.2) is 9.18 Å². The highest BCUT2D eigenvalue weighted by Gasteiger charge is 2.21. The molecule has 1 saturated heterocycles. The van der Waals surface area contributed by atoms with Crippen molar-refractivity contribution in [3.63, 3.8) is 0 Å². The molecule has 5 heteroatoms. The first kappa shape index (κ1) is 13.8. The molecule has 4 nitrogen and oxygen atoms in total. The highest BCUT2D eigenvalue weighted by Crippen LogP contribution is 2.24. The van der Waals surface area contributed by atoms with E-state index in [4.69, 9.17) is 10.5 Å². The number of carbonyl (C=O) groups is 1. The van der Waals surface area contributed by atoms with E-state index in [0.29, 0.717) is 0 Å². The molecule has 1 aliphatic rings. The number of esters is 1. The molecule has 2 rings (SSSR count). The molecule has 0 saturated carbocycles. The van der Waals surface area contributed by atoms with Crippen LogP contribution < -0.4 is 10.6 Å². The Bertz CT molecular complexity index is 465. The molecule has 104 valence electrons. The van der Waals surface area contributed by atoms with Gasteiger partial charge in [-0.15, -0.1) is 0 Å². The monoisotopic (exact) mass is 266 g/mol. The summed E-state index contributed by atoms with van der Waals surface area (Å²) in [7, 11) is 0. The minimum absolute atomic E-state index is 0.0313. The third-order valence-corrected chi connectivity index (χ3v) is 3.33. The summed E-state index contributed by atoms with van der Waals surface area (Å²) in [5.41, 5.74) is 6.71. The van der Waals surface area contributed by atoms with Crippen molar-refractivity contribution in [2.24, 2.45) is 5.73 Å². The van der Waals surface area contributed by atoms with Crippen molar-refractivity contribution in [3.05, 3.63) is 29.6 Å². The predicted octanol–water partition coefficient (Wildman–Crippen LogP) is 2.28. The van der Waals surface area contributed by atoms with E-state index in [1.165, 1.54) is 12.1 Å². The minimum atomic E-state index is -0.630. The first-order valence-corrected chi connectivity index (χ1v) is 6.62. The number of nitrogens with zero attached hydrogens (tertiary/aromatic N) is 1. The SMILES string of the molecule is CCOC(=O)c1ccc(N2CCCCC2N)cc1F. The highest BCUT2D eigenvalue weighted by atomic mass is 19.1. The van der Waals surface area contributed by atoms with Crippen LogP contribution in [0.3, 0.4) is 0 Å². The van der Waals surface area contributed by atoms with Gasteiger partial charge in [-0.3, -0.25) is 0 Å². The Hall–Kier alpha value is -1.62. The number of ether oxygens (including phenoxy) is 1. The average Bonchev–Trinajstić information content (AvgIpc) is 2.39. The van der Waals surface area contributed by atoms with E-state index < -0.39 is 11.8 Å². The van der Waals surface area contributed by atoms with Crippen LogP contribution in [0.1, 0.15) is 36.5 Å². The summed E-state index contributed by atoms with van der Waals surface area (Å²) in [6.07, 6.45) is 2.97. The zero-order valence-corrected chi connectivity index (χ0v) is 11.1. The predicted molar refractivity (Wildman–Crippen MR) is 71.5 cm³/mol. The summed E-state index contributed by atoms with van der Waals surface area (Å²) in [6.45, 7) is 2.74. The second kappa shape index (κ2) is 6.02. The van der Waals surface area contributed by atoms with Crippen LogP contribution in [0.4, 0.5) is 10.1 Å². The molecule has 19 heavy (non-hydrogen) atoms. The van der Waals surface area contributed by atoms with Crippen LogP contribution >= 0.6 is 0 Å². The number of benzene rings is 1. The van der Waals surface area contributed by atoms with Crippen LogP contribution in [0.25, 0.3) is 0 Å². The summed E-state index contributed by atoms with van der Waals surface area (Å²) in [4.78, 5) is 13.5. The van der Waals surface area contributed by atoms with Crippen LogP contribution in [0.15, 0.2) is 18.2 Å². The van der Waals surface area contributed by atoms with Gasteiger partial charge in [0.05, 0.1) is 18.3 Å². The molecular weight excluding hydrogens is 247 g/mol. The molecular formula is C14H19FN2O2. The second-order valence-corrected chi connectivity index (χ2v) is 4.64. The molecule has 1 atom stereocenters. The minimum Gasteiger partial charge on any atom is -0.462 e. The molecule has 1 aromatic rings. The number of piperidine rings is 1. The zero-order chi connectivity index (χ0) is 13.8. The molecule has 1 unspecified atom stereocenters. The van der Waals surface area contributed by atoms with E-state index in [0.717, 1.165) is 31.5 Å². The second-order valence-electron chi connectivity index (χ2n) is 4.64. The molecule has 2 N–H and O–H groups in total. The van der Waals surface area contributed by atoms with E-state index in [-0.39, 0.29) is 18.3 Å². The Morgan fingerprint density at radius 2 is 2.32 bits per heavy atom. The number of nitrogens with two attached hydrogens (primary N) is 1. The van der Waals surface area contributed by atoms with Gasteiger partial charge in [0, 0.05) is 12.2 Å². The molecule has 0 bridgehead atoms. The first-order chi connectivity index (χ1) is 9.13. The maximum Gasteiger partial charge on any atom is 0.341 e.